The van der Waals surface area contributed by atoms with Crippen molar-refractivity contribution in [1.82, 2.24) is 5.32 Å². The van der Waals surface area contributed by atoms with Gasteiger partial charge in [0.25, 0.3) is 0 Å². The van der Waals surface area contributed by atoms with E-state index in [1.807, 2.05) is 6.92 Å². The molecule has 1 unspecified atom stereocenters. The minimum Gasteiger partial charge on any atom is -0.352 e. The Morgan fingerprint density at radius 3 is 2.32 bits per heavy atom. The Labute approximate surface area is 116 Å². The van der Waals surface area contributed by atoms with Gasteiger partial charge in [-0.3, -0.25) is 4.79 Å². The van der Waals surface area contributed by atoms with Crippen LogP contribution >= 0.6 is 0 Å². The van der Waals surface area contributed by atoms with Crippen molar-refractivity contribution in [3.05, 3.63) is 35.4 Å². The van der Waals surface area contributed by atoms with Crippen LogP contribution in [0.2, 0.25) is 0 Å². The number of amides is 1. The highest BCUT2D eigenvalue weighted by Gasteiger charge is 2.13. The molecule has 0 saturated heterocycles. The lowest BCUT2D eigenvalue weighted by atomic mass is 9.87. The first-order chi connectivity index (χ1) is 8.82. The fourth-order valence-electron chi connectivity index (χ4n) is 1.80. The first-order valence-electron chi connectivity index (χ1n) is 6.89. The van der Waals surface area contributed by atoms with Crippen molar-refractivity contribution in [1.29, 1.82) is 0 Å². The summed E-state index contributed by atoms with van der Waals surface area (Å²) in [6.45, 7) is 9.69. The van der Waals surface area contributed by atoms with Crippen molar-refractivity contribution in [3.8, 4) is 0 Å². The summed E-state index contributed by atoms with van der Waals surface area (Å²) in [5.41, 5.74) is 8.10. The van der Waals surface area contributed by atoms with Gasteiger partial charge in [0, 0.05) is 13.0 Å². The summed E-state index contributed by atoms with van der Waals surface area (Å²) in [5.74, 6) is 0.307. The highest BCUT2D eigenvalue weighted by atomic mass is 16.1. The van der Waals surface area contributed by atoms with Crippen LogP contribution in [0.5, 0.6) is 0 Å². The smallest absolute Gasteiger partial charge is 0.220 e. The molecule has 3 N–H and O–H groups in total. The van der Waals surface area contributed by atoms with E-state index in [4.69, 9.17) is 5.73 Å². The third-order valence-corrected chi connectivity index (χ3v) is 3.25. The number of benzene rings is 1. The van der Waals surface area contributed by atoms with E-state index < -0.39 is 0 Å². The Kier molecular flexibility index (Phi) is 5.55. The maximum Gasteiger partial charge on any atom is 0.220 e. The zero-order valence-corrected chi connectivity index (χ0v) is 12.5. The quantitative estimate of drug-likeness (QED) is 0.857. The minimum absolute atomic E-state index is 0.0675. The standard InChI is InChI=1S/C16H26N2O/c1-12(10-17)9-15(19)18-11-13-5-7-14(8-6-13)16(2,3)4/h5-8,12H,9-11,17H2,1-4H3,(H,18,19). The van der Waals surface area contributed by atoms with E-state index in [0.717, 1.165) is 5.56 Å². The Hall–Kier alpha value is -1.35. The Bertz CT molecular complexity index is 404. The van der Waals surface area contributed by atoms with Gasteiger partial charge >= 0.3 is 0 Å². The zero-order valence-electron chi connectivity index (χ0n) is 12.5. The molecular formula is C16H26N2O. The maximum absolute atomic E-state index is 11.6. The van der Waals surface area contributed by atoms with Gasteiger partial charge in [-0.25, -0.2) is 0 Å². The summed E-state index contributed by atoms with van der Waals surface area (Å²) in [6, 6.07) is 8.41. The second-order valence-corrected chi connectivity index (χ2v) is 6.27. The molecule has 0 heterocycles. The molecule has 0 aromatic heterocycles. The molecule has 0 saturated carbocycles. The average Bonchev–Trinajstić information content (AvgIpc) is 2.35. The van der Waals surface area contributed by atoms with Crippen molar-refractivity contribution in [2.24, 2.45) is 11.7 Å². The van der Waals surface area contributed by atoms with Crippen LogP contribution in [-0.2, 0) is 16.8 Å². The molecule has 0 bridgehead atoms. The van der Waals surface area contributed by atoms with Crippen LogP contribution in [0.1, 0.15) is 45.2 Å². The number of nitrogens with one attached hydrogen (secondary N) is 1. The molecule has 1 atom stereocenters. The van der Waals surface area contributed by atoms with E-state index in [1.165, 1.54) is 5.56 Å². The monoisotopic (exact) mass is 262 g/mol. The highest BCUT2D eigenvalue weighted by molar-refractivity contribution is 5.76. The number of hydrogen-bond donors (Lipinski definition) is 2. The maximum atomic E-state index is 11.6. The Balaban J connectivity index is 2.48. The van der Waals surface area contributed by atoms with Gasteiger partial charge in [0.2, 0.25) is 5.91 Å². The Morgan fingerprint density at radius 1 is 1.26 bits per heavy atom. The third kappa shape index (κ3) is 5.43. The van der Waals surface area contributed by atoms with Gasteiger partial charge in [-0.1, -0.05) is 52.0 Å². The number of carbonyl (C=O) groups excluding carboxylic acids is 1. The molecule has 1 aromatic rings. The van der Waals surface area contributed by atoms with Gasteiger partial charge in [0.05, 0.1) is 0 Å². The second-order valence-electron chi connectivity index (χ2n) is 6.27. The molecule has 0 fully saturated rings. The highest BCUT2D eigenvalue weighted by Crippen LogP contribution is 2.22. The zero-order chi connectivity index (χ0) is 14.5. The van der Waals surface area contributed by atoms with Crippen LogP contribution < -0.4 is 11.1 Å². The summed E-state index contributed by atoms with van der Waals surface area (Å²) in [7, 11) is 0. The SMILES string of the molecule is CC(CN)CC(=O)NCc1ccc(C(C)(C)C)cc1. The predicted molar refractivity (Wildman–Crippen MR) is 79.8 cm³/mol. The molecule has 3 heteroatoms. The van der Waals surface area contributed by atoms with Gasteiger partial charge in [-0.2, -0.15) is 0 Å². The Morgan fingerprint density at radius 2 is 1.84 bits per heavy atom. The van der Waals surface area contributed by atoms with Gasteiger partial charge in [0.1, 0.15) is 0 Å². The molecule has 1 amide bonds. The van der Waals surface area contributed by atoms with Crippen LogP contribution in [0.3, 0.4) is 0 Å². The van der Waals surface area contributed by atoms with Crippen LogP contribution in [0, 0.1) is 5.92 Å². The van der Waals surface area contributed by atoms with Crippen LogP contribution in [0.4, 0.5) is 0 Å². The first kappa shape index (κ1) is 15.7. The minimum atomic E-state index is 0.0675. The first-order valence-corrected chi connectivity index (χ1v) is 6.89. The molecule has 1 aromatic carbocycles. The molecule has 0 radical (unpaired) electrons. The fourth-order valence-corrected chi connectivity index (χ4v) is 1.80. The second kappa shape index (κ2) is 6.71. The summed E-state index contributed by atoms with van der Waals surface area (Å²) in [6.07, 6.45) is 0.497. The lowest BCUT2D eigenvalue weighted by molar-refractivity contribution is -0.122. The van der Waals surface area contributed by atoms with E-state index in [2.05, 4.69) is 50.4 Å². The van der Waals surface area contributed by atoms with Gasteiger partial charge < -0.3 is 11.1 Å². The van der Waals surface area contributed by atoms with Gasteiger partial charge in [-0.05, 0) is 29.0 Å². The van der Waals surface area contributed by atoms with Crippen molar-refractivity contribution >= 4 is 5.91 Å². The third-order valence-electron chi connectivity index (χ3n) is 3.25. The number of nitrogens with two attached hydrogens (primary N) is 1. The molecule has 106 valence electrons. The lowest BCUT2D eigenvalue weighted by Gasteiger charge is -2.19. The number of carbonyl (C=O) groups is 1. The van der Waals surface area contributed by atoms with E-state index >= 15 is 0 Å². The van der Waals surface area contributed by atoms with Crippen molar-refractivity contribution < 1.29 is 4.79 Å². The van der Waals surface area contributed by atoms with Crippen molar-refractivity contribution in [2.45, 2.75) is 46.1 Å². The topological polar surface area (TPSA) is 55.1 Å². The summed E-state index contributed by atoms with van der Waals surface area (Å²) >= 11 is 0. The van der Waals surface area contributed by atoms with Gasteiger partial charge in [-0.15, -0.1) is 0 Å². The summed E-state index contributed by atoms with van der Waals surface area (Å²) in [4.78, 5) is 11.6. The van der Waals surface area contributed by atoms with Crippen LogP contribution in [0.15, 0.2) is 24.3 Å². The molecule has 1 rings (SSSR count). The molecule has 3 nitrogen and oxygen atoms in total. The molecule has 0 aliphatic heterocycles. The van der Waals surface area contributed by atoms with Gasteiger partial charge in [0.15, 0.2) is 0 Å². The molecule has 0 spiro atoms. The number of hydrogen-bond acceptors (Lipinski definition) is 2. The normalized spacial score (nSPS) is 13.1. The average molecular weight is 262 g/mol. The fraction of sp³-hybridized carbons (Fsp3) is 0.562. The molecular weight excluding hydrogens is 236 g/mol. The van der Waals surface area contributed by atoms with Crippen molar-refractivity contribution in [2.75, 3.05) is 6.54 Å². The largest absolute Gasteiger partial charge is 0.352 e. The van der Waals surface area contributed by atoms with E-state index in [1.54, 1.807) is 0 Å². The lowest BCUT2D eigenvalue weighted by Crippen LogP contribution is -2.26. The molecule has 0 aliphatic carbocycles. The van der Waals surface area contributed by atoms with Crippen molar-refractivity contribution in [3.63, 3.8) is 0 Å². The predicted octanol–water partition coefficient (Wildman–Crippen LogP) is 2.59. The molecule has 0 aliphatic rings. The number of rotatable bonds is 5. The summed E-state index contributed by atoms with van der Waals surface area (Å²) < 4.78 is 0. The van der Waals surface area contributed by atoms with Crippen LogP contribution in [-0.4, -0.2) is 12.5 Å². The van der Waals surface area contributed by atoms with Crippen LogP contribution in [0.25, 0.3) is 0 Å². The van der Waals surface area contributed by atoms with E-state index in [0.29, 0.717) is 19.5 Å². The van der Waals surface area contributed by atoms with E-state index in [9.17, 15) is 4.79 Å². The van der Waals surface area contributed by atoms with E-state index in [-0.39, 0.29) is 17.2 Å². The summed E-state index contributed by atoms with van der Waals surface area (Å²) in [5, 5.41) is 2.93. The molecule has 19 heavy (non-hydrogen) atoms.